The second-order valence-corrected chi connectivity index (χ2v) is 6.21. The van der Waals surface area contributed by atoms with Gasteiger partial charge in [0.05, 0.1) is 30.5 Å². The molecule has 22 heavy (non-hydrogen) atoms. The molecule has 1 aromatic rings. The number of hydrogen-bond donors (Lipinski definition) is 1. The minimum absolute atomic E-state index is 0.0555. The highest BCUT2D eigenvalue weighted by Gasteiger charge is 2.29. The minimum Gasteiger partial charge on any atom is -0.466 e. The first kappa shape index (κ1) is 16.0. The summed E-state index contributed by atoms with van der Waals surface area (Å²) in [5.41, 5.74) is 0.505. The molecular weight excluding hydrogens is 306 g/mol. The monoisotopic (exact) mass is 321 g/mol. The Kier molecular flexibility index (Phi) is 5.12. The summed E-state index contributed by atoms with van der Waals surface area (Å²) in [4.78, 5) is 15.7. The molecule has 1 aromatic carbocycles. The van der Waals surface area contributed by atoms with Crippen LogP contribution < -0.4 is 4.72 Å². The predicted molar refractivity (Wildman–Crippen MR) is 78.6 cm³/mol. The highest BCUT2D eigenvalue weighted by molar-refractivity contribution is 7.90. The number of nitrogens with zero attached hydrogens (tertiary/aromatic N) is 2. The van der Waals surface area contributed by atoms with Crippen LogP contribution in [0.4, 0.5) is 0 Å². The molecule has 0 radical (unpaired) electrons. The Morgan fingerprint density at radius 1 is 1.36 bits per heavy atom. The molecule has 0 atom stereocenters. The zero-order chi connectivity index (χ0) is 16.0. The van der Waals surface area contributed by atoms with Gasteiger partial charge in [-0.15, -0.1) is 0 Å². The molecule has 0 unspecified atom stereocenters. The second-order valence-electron chi connectivity index (χ2n) is 4.56. The van der Waals surface area contributed by atoms with Gasteiger partial charge in [-0.05, 0) is 18.6 Å². The standard InChI is InChI=1S/C14H15N3O4S/c15-8-3-4-10-21-13(18)7-9-16-14-11-5-1-2-6-12(11)22(19,20)17-14/h1-2,5-6H,3-4,7,9-10H2,(H,16,17). The number of benzene rings is 1. The zero-order valence-corrected chi connectivity index (χ0v) is 12.6. The van der Waals surface area contributed by atoms with Gasteiger partial charge < -0.3 is 4.74 Å². The molecule has 1 aliphatic rings. The van der Waals surface area contributed by atoms with Crippen LogP contribution in [-0.2, 0) is 19.6 Å². The molecule has 116 valence electrons. The summed E-state index contributed by atoms with van der Waals surface area (Å²) < 4.78 is 31.0. The lowest BCUT2D eigenvalue weighted by Crippen LogP contribution is -2.22. The predicted octanol–water partition coefficient (Wildman–Crippen LogP) is 0.962. The Hall–Kier alpha value is -2.40. The van der Waals surface area contributed by atoms with Crippen LogP contribution in [0.15, 0.2) is 34.2 Å². The van der Waals surface area contributed by atoms with Crippen molar-refractivity contribution in [1.82, 2.24) is 4.72 Å². The molecule has 2 rings (SSSR count). The van der Waals surface area contributed by atoms with Crippen LogP contribution in [-0.4, -0.2) is 33.4 Å². The van der Waals surface area contributed by atoms with Crippen LogP contribution in [0.3, 0.4) is 0 Å². The van der Waals surface area contributed by atoms with Crippen molar-refractivity contribution < 1.29 is 17.9 Å². The average molecular weight is 321 g/mol. The molecule has 0 spiro atoms. The van der Waals surface area contributed by atoms with Crippen LogP contribution in [0, 0.1) is 11.3 Å². The number of esters is 1. The van der Waals surface area contributed by atoms with Crippen molar-refractivity contribution in [3.8, 4) is 6.07 Å². The fraction of sp³-hybridized carbons (Fsp3) is 0.357. The Labute approximate surface area is 128 Å². The normalized spacial score (nSPS) is 16.6. The lowest BCUT2D eigenvalue weighted by atomic mass is 10.2. The Morgan fingerprint density at radius 2 is 2.14 bits per heavy atom. The van der Waals surface area contributed by atoms with E-state index >= 15 is 0 Å². The summed E-state index contributed by atoms with van der Waals surface area (Å²) in [5, 5.41) is 8.35. The highest BCUT2D eigenvalue weighted by atomic mass is 32.2. The van der Waals surface area contributed by atoms with Gasteiger partial charge >= 0.3 is 5.97 Å². The number of ether oxygens (including phenoxy) is 1. The number of sulfonamides is 1. The summed E-state index contributed by atoms with van der Waals surface area (Å²) in [5.74, 6) is -0.177. The van der Waals surface area contributed by atoms with Crippen LogP contribution >= 0.6 is 0 Å². The number of carbonyl (C=O) groups excluding carboxylic acids is 1. The third-order valence-electron chi connectivity index (χ3n) is 2.94. The number of rotatable bonds is 6. The molecule has 1 heterocycles. The molecule has 0 aromatic heterocycles. The molecule has 0 amide bonds. The second kappa shape index (κ2) is 7.04. The molecule has 0 saturated carbocycles. The summed E-state index contributed by atoms with van der Waals surface area (Å²) in [6.07, 6.45) is 0.901. The molecule has 1 N–H and O–H groups in total. The van der Waals surface area contributed by atoms with E-state index in [2.05, 4.69) is 9.71 Å². The first-order chi connectivity index (χ1) is 10.5. The van der Waals surface area contributed by atoms with Gasteiger partial charge in [0.15, 0.2) is 0 Å². The van der Waals surface area contributed by atoms with E-state index in [-0.39, 0.29) is 30.3 Å². The van der Waals surface area contributed by atoms with Crippen molar-refractivity contribution in [2.24, 2.45) is 4.99 Å². The topological polar surface area (TPSA) is 109 Å². The van der Waals surface area contributed by atoms with Gasteiger partial charge in [-0.1, -0.05) is 12.1 Å². The fourth-order valence-corrected chi connectivity index (χ4v) is 3.17. The average Bonchev–Trinajstić information content (AvgIpc) is 2.76. The van der Waals surface area contributed by atoms with Crippen molar-refractivity contribution >= 4 is 21.8 Å². The highest BCUT2D eigenvalue weighted by Crippen LogP contribution is 2.22. The smallest absolute Gasteiger partial charge is 0.307 e. The number of unbranched alkanes of at least 4 members (excludes halogenated alkanes) is 1. The maximum Gasteiger partial charge on any atom is 0.307 e. The van der Waals surface area contributed by atoms with E-state index in [1.165, 1.54) is 6.07 Å². The lowest BCUT2D eigenvalue weighted by Gasteiger charge is -2.02. The van der Waals surface area contributed by atoms with Gasteiger partial charge in [-0.3, -0.25) is 14.5 Å². The molecule has 8 heteroatoms. The molecule has 0 bridgehead atoms. The van der Waals surface area contributed by atoms with Crippen molar-refractivity contribution in [1.29, 1.82) is 5.26 Å². The van der Waals surface area contributed by atoms with E-state index in [0.717, 1.165) is 0 Å². The number of aliphatic imine (C=N–C) groups is 1. The molecular formula is C14H15N3O4S. The van der Waals surface area contributed by atoms with Gasteiger partial charge in [-0.25, -0.2) is 8.42 Å². The Balaban J connectivity index is 1.90. The Bertz CT molecular complexity index is 735. The van der Waals surface area contributed by atoms with E-state index in [9.17, 15) is 13.2 Å². The van der Waals surface area contributed by atoms with E-state index in [1.54, 1.807) is 18.2 Å². The largest absolute Gasteiger partial charge is 0.466 e. The van der Waals surface area contributed by atoms with Crippen molar-refractivity contribution in [3.05, 3.63) is 29.8 Å². The maximum atomic E-state index is 11.9. The van der Waals surface area contributed by atoms with Crippen LogP contribution in [0.5, 0.6) is 0 Å². The van der Waals surface area contributed by atoms with Crippen molar-refractivity contribution in [2.45, 2.75) is 24.2 Å². The van der Waals surface area contributed by atoms with Crippen LogP contribution in [0.25, 0.3) is 0 Å². The quantitative estimate of drug-likeness (QED) is 0.620. The van der Waals surface area contributed by atoms with Crippen LogP contribution in [0.1, 0.15) is 24.8 Å². The minimum atomic E-state index is -3.55. The SMILES string of the molecule is N#CCCCOC(=O)CCN=C1NS(=O)(=O)c2ccccc21. The first-order valence-electron chi connectivity index (χ1n) is 6.74. The summed E-state index contributed by atoms with van der Waals surface area (Å²) >= 11 is 0. The number of nitrogens with one attached hydrogen (secondary N) is 1. The molecule has 0 aliphatic carbocycles. The number of nitriles is 1. The van der Waals surface area contributed by atoms with Gasteiger partial charge in [0.1, 0.15) is 5.84 Å². The van der Waals surface area contributed by atoms with E-state index in [0.29, 0.717) is 18.4 Å². The van der Waals surface area contributed by atoms with Crippen molar-refractivity contribution in [2.75, 3.05) is 13.2 Å². The third kappa shape index (κ3) is 3.83. The fourth-order valence-electron chi connectivity index (χ4n) is 1.92. The van der Waals surface area contributed by atoms with Gasteiger partial charge in [0.25, 0.3) is 10.0 Å². The number of amidine groups is 1. The maximum absolute atomic E-state index is 11.9. The number of hydrogen-bond acceptors (Lipinski definition) is 6. The Morgan fingerprint density at radius 3 is 2.91 bits per heavy atom. The number of carbonyl (C=O) groups is 1. The van der Waals surface area contributed by atoms with E-state index in [4.69, 9.17) is 10.00 Å². The third-order valence-corrected chi connectivity index (χ3v) is 4.34. The first-order valence-corrected chi connectivity index (χ1v) is 8.22. The van der Waals surface area contributed by atoms with Crippen LogP contribution in [0.2, 0.25) is 0 Å². The molecule has 1 aliphatic heterocycles. The number of fused-ring (bicyclic) bond motifs is 1. The zero-order valence-electron chi connectivity index (χ0n) is 11.8. The van der Waals surface area contributed by atoms with Gasteiger partial charge in [0.2, 0.25) is 0 Å². The molecule has 0 fully saturated rings. The molecule has 0 saturated heterocycles. The van der Waals surface area contributed by atoms with E-state index < -0.39 is 16.0 Å². The van der Waals surface area contributed by atoms with Gasteiger partial charge in [0, 0.05) is 12.0 Å². The van der Waals surface area contributed by atoms with Crippen molar-refractivity contribution in [3.63, 3.8) is 0 Å². The summed E-state index contributed by atoms with van der Waals surface area (Å²) in [6, 6.07) is 8.48. The van der Waals surface area contributed by atoms with E-state index in [1.807, 2.05) is 6.07 Å². The van der Waals surface area contributed by atoms with Gasteiger partial charge in [-0.2, -0.15) is 5.26 Å². The molecule has 7 nitrogen and oxygen atoms in total. The summed E-state index contributed by atoms with van der Waals surface area (Å²) in [6.45, 7) is 0.335. The lowest BCUT2D eigenvalue weighted by molar-refractivity contribution is -0.143. The summed E-state index contributed by atoms with van der Waals surface area (Å²) in [7, 11) is -3.55.